The van der Waals surface area contributed by atoms with Gasteiger partial charge in [-0.1, -0.05) is 55.4 Å². The van der Waals surface area contributed by atoms with Gasteiger partial charge in [-0.25, -0.2) is 9.98 Å². The summed E-state index contributed by atoms with van der Waals surface area (Å²) >= 11 is 0. The van der Waals surface area contributed by atoms with Gasteiger partial charge in [0, 0.05) is 0 Å². The Morgan fingerprint density at radius 3 is 2.24 bits per heavy atom. The number of aliphatic imine (C=N–C) groups is 1. The lowest BCUT2D eigenvalue weighted by Crippen LogP contribution is -2.54. The molecule has 0 spiro atoms. The molecule has 42 heavy (non-hydrogen) atoms. The van der Waals surface area contributed by atoms with Crippen LogP contribution < -0.4 is 16.8 Å². The van der Waals surface area contributed by atoms with Crippen molar-refractivity contribution in [3.63, 3.8) is 0 Å². The topological polar surface area (TPSA) is 186 Å². The second kappa shape index (κ2) is 12.8. The van der Waals surface area contributed by atoms with Crippen molar-refractivity contribution in [3.8, 4) is 0 Å². The third-order valence-electron chi connectivity index (χ3n) is 7.23. The van der Waals surface area contributed by atoms with Crippen molar-refractivity contribution in [1.29, 1.82) is 0 Å². The fourth-order valence-corrected chi connectivity index (χ4v) is 15.1. The summed E-state index contributed by atoms with van der Waals surface area (Å²) in [7, 11) is -10.5. The first-order valence-electron chi connectivity index (χ1n) is 13.7. The number of imidazole rings is 1. The van der Waals surface area contributed by atoms with E-state index in [-0.39, 0.29) is 46.2 Å². The molecule has 2 aliphatic heterocycles. The van der Waals surface area contributed by atoms with Gasteiger partial charge in [0.1, 0.15) is 29.9 Å². The number of hydrogen-bond acceptors (Lipinski definition) is 12. The molecule has 241 valence electrons. The van der Waals surface area contributed by atoms with E-state index in [2.05, 4.69) is 47.2 Å². The number of aliphatic hydroxyl groups is 1. The number of hydrogen-bond donors (Lipinski definition) is 4. The monoisotopic (exact) mass is 659 g/mol. The van der Waals surface area contributed by atoms with Crippen LogP contribution in [0.15, 0.2) is 11.3 Å². The van der Waals surface area contributed by atoms with E-state index in [0.29, 0.717) is 0 Å². The Labute approximate surface area is 247 Å². The highest BCUT2D eigenvalue weighted by Crippen LogP contribution is 2.42. The van der Waals surface area contributed by atoms with Crippen LogP contribution in [0.5, 0.6) is 0 Å². The standard InChI is InChI=1S/C23H42F3N6O7SSi2/c1-11(2)41(12(3)4)39-42(13(5)6,14(7)8)36-9-15-17(33)18(38-40(34,35)23(24,25)26)21(37-15)32-10-29-16-19(27)30-22(28)31-20(16)32/h10-15,17-19,21,33H,9,27H2,1-8H3,(H3,28,30,31)/t15-,17?,18+,19?,21-/m1/s1. The van der Waals surface area contributed by atoms with E-state index in [4.69, 9.17) is 24.7 Å². The van der Waals surface area contributed by atoms with E-state index in [1.807, 2.05) is 27.7 Å². The summed E-state index contributed by atoms with van der Waals surface area (Å²) in [5.41, 5.74) is 6.64. The third-order valence-corrected chi connectivity index (χ3v) is 16.6. The average Bonchev–Trinajstić information content (AvgIpc) is 3.38. The van der Waals surface area contributed by atoms with Gasteiger partial charge in [0.15, 0.2) is 18.3 Å². The van der Waals surface area contributed by atoms with Crippen LogP contribution in [0, 0.1) is 0 Å². The fourth-order valence-electron chi connectivity index (χ4n) is 5.23. The first-order valence-corrected chi connectivity index (χ1v) is 18.6. The molecule has 5 atom stereocenters. The predicted octanol–water partition coefficient (Wildman–Crippen LogP) is 3.18. The first-order chi connectivity index (χ1) is 19.2. The molecule has 6 N–H and O–H groups in total. The summed E-state index contributed by atoms with van der Waals surface area (Å²) in [6, 6.07) is 0. The minimum atomic E-state index is -6.13. The first kappa shape index (κ1) is 34.9. The molecule has 1 radical (unpaired) electrons. The number of halogens is 3. The number of anilines is 1. The number of nitrogens with one attached hydrogen (secondary N) is 1. The molecule has 2 unspecified atom stereocenters. The number of rotatable bonds is 12. The Hall–Kier alpha value is -1.59. The zero-order chi connectivity index (χ0) is 31.9. The van der Waals surface area contributed by atoms with Crippen molar-refractivity contribution in [3.05, 3.63) is 12.0 Å². The number of alkyl halides is 3. The number of fused-ring (bicyclic) bond motifs is 1. The Morgan fingerprint density at radius 2 is 1.74 bits per heavy atom. The SMILES string of the molecule is CC(C)[Si](O[Si](OC[C@H]1O[C@@H](n2cnc3c2NC(N)=NC3N)[C@@H](OS(=O)(=O)C(F)(F)F)C1O)(C(C)C)C(C)C)C(C)C. The zero-order valence-electron chi connectivity index (χ0n) is 24.9. The van der Waals surface area contributed by atoms with E-state index >= 15 is 0 Å². The molecule has 1 aromatic rings. The molecule has 1 aromatic heterocycles. The molecule has 0 aromatic carbocycles. The van der Waals surface area contributed by atoms with Crippen molar-refractivity contribution in [2.24, 2.45) is 16.5 Å². The minimum absolute atomic E-state index is 0.0318. The van der Waals surface area contributed by atoms with Crippen LogP contribution in [-0.4, -0.2) is 77.1 Å². The van der Waals surface area contributed by atoms with Crippen LogP contribution >= 0.6 is 0 Å². The van der Waals surface area contributed by atoms with Gasteiger partial charge in [-0.05, 0) is 22.2 Å². The highest BCUT2D eigenvalue weighted by atomic mass is 32.2. The Bertz CT molecular complexity index is 1220. The van der Waals surface area contributed by atoms with Crippen LogP contribution in [0.25, 0.3) is 0 Å². The molecule has 0 saturated carbocycles. The molecular formula is C23H42F3N6O7SSi2. The zero-order valence-corrected chi connectivity index (χ0v) is 27.7. The molecule has 1 fully saturated rings. The van der Waals surface area contributed by atoms with Gasteiger partial charge in [-0.3, -0.25) is 8.75 Å². The number of guanidine groups is 1. The Balaban J connectivity index is 1.98. The lowest BCUT2D eigenvalue weighted by molar-refractivity contribution is -0.0701. The maximum Gasteiger partial charge on any atom is 0.523 e. The summed E-state index contributed by atoms with van der Waals surface area (Å²) in [4.78, 5) is 8.06. The van der Waals surface area contributed by atoms with Crippen LogP contribution in [0.4, 0.5) is 19.0 Å². The largest absolute Gasteiger partial charge is 0.523 e. The van der Waals surface area contributed by atoms with Gasteiger partial charge in [-0.2, -0.15) is 21.6 Å². The summed E-state index contributed by atoms with van der Waals surface area (Å²) in [6.07, 6.45) is -6.58. The minimum Gasteiger partial charge on any atom is -0.435 e. The summed E-state index contributed by atoms with van der Waals surface area (Å²) in [6.45, 7) is 16.0. The van der Waals surface area contributed by atoms with Crippen LogP contribution in [-0.2, 0) is 27.6 Å². The van der Waals surface area contributed by atoms with Gasteiger partial charge in [-0.15, -0.1) is 0 Å². The smallest absolute Gasteiger partial charge is 0.435 e. The second-order valence-corrected chi connectivity index (χ2v) is 21.2. The van der Waals surface area contributed by atoms with Crippen LogP contribution in [0.3, 0.4) is 0 Å². The fraction of sp³-hybridized carbons (Fsp3) is 0.826. The van der Waals surface area contributed by atoms with Crippen molar-refractivity contribution in [1.82, 2.24) is 9.55 Å². The second-order valence-electron chi connectivity index (χ2n) is 11.6. The summed E-state index contributed by atoms with van der Waals surface area (Å²) in [5.74, 6) is -0.00502. The van der Waals surface area contributed by atoms with E-state index in [0.717, 1.165) is 6.33 Å². The quantitative estimate of drug-likeness (QED) is 0.147. The molecule has 0 aliphatic carbocycles. The van der Waals surface area contributed by atoms with Crippen LogP contribution in [0.1, 0.15) is 73.5 Å². The molecule has 3 rings (SSSR count). The Morgan fingerprint density at radius 1 is 1.17 bits per heavy atom. The molecule has 1 saturated heterocycles. The van der Waals surface area contributed by atoms with Gasteiger partial charge in [0.25, 0.3) is 0 Å². The molecule has 2 aliphatic rings. The van der Waals surface area contributed by atoms with E-state index in [1.54, 1.807) is 0 Å². The van der Waals surface area contributed by atoms with Gasteiger partial charge < -0.3 is 35.2 Å². The summed E-state index contributed by atoms with van der Waals surface area (Å²) < 4.78 is 89.3. The Kier molecular flexibility index (Phi) is 10.6. The van der Waals surface area contributed by atoms with Gasteiger partial charge >= 0.3 is 24.2 Å². The maximum atomic E-state index is 13.3. The number of nitrogens with two attached hydrogens (primary N) is 2. The maximum absolute atomic E-state index is 13.3. The van der Waals surface area contributed by atoms with E-state index < -0.39 is 63.9 Å². The lowest BCUT2D eigenvalue weighted by atomic mass is 10.1. The van der Waals surface area contributed by atoms with Crippen molar-refractivity contribution in [2.45, 2.75) is 114 Å². The molecule has 0 bridgehead atoms. The van der Waals surface area contributed by atoms with Crippen molar-refractivity contribution < 1.29 is 44.2 Å². The van der Waals surface area contributed by atoms with Crippen molar-refractivity contribution in [2.75, 3.05) is 11.9 Å². The lowest BCUT2D eigenvalue weighted by Gasteiger charge is -2.42. The number of nitrogens with zero attached hydrogens (tertiary/aromatic N) is 3. The highest BCUT2D eigenvalue weighted by Gasteiger charge is 2.56. The molecule has 3 heterocycles. The number of ether oxygens (including phenoxy) is 1. The van der Waals surface area contributed by atoms with Crippen molar-refractivity contribution >= 4 is 39.5 Å². The van der Waals surface area contributed by atoms with Gasteiger partial charge in [0.2, 0.25) is 9.04 Å². The molecule has 19 heteroatoms. The molecular weight excluding hydrogens is 618 g/mol. The number of aromatic nitrogens is 2. The third kappa shape index (κ3) is 6.88. The highest BCUT2D eigenvalue weighted by molar-refractivity contribution is 7.87. The number of aliphatic hydroxyl groups excluding tert-OH is 1. The van der Waals surface area contributed by atoms with E-state index in [1.165, 1.54) is 4.57 Å². The molecule has 0 amide bonds. The molecule has 13 nitrogen and oxygen atoms in total. The average molecular weight is 660 g/mol. The van der Waals surface area contributed by atoms with Gasteiger partial charge in [0.05, 0.1) is 12.9 Å². The van der Waals surface area contributed by atoms with E-state index in [9.17, 15) is 26.7 Å². The summed E-state index contributed by atoms with van der Waals surface area (Å²) in [5, 5.41) is 13.9. The normalized spacial score (nSPS) is 25.6. The predicted molar refractivity (Wildman–Crippen MR) is 153 cm³/mol. The van der Waals surface area contributed by atoms with Crippen LogP contribution in [0.2, 0.25) is 22.2 Å².